The van der Waals surface area contributed by atoms with Gasteiger partial charge in [0.1, 0.15) is 0 Å². The van der Waals surface area contributed by atoms with Gasteiger partial charge in [-0.2, -0.15) is 5.10 Å². The third kappa shape index (κ3) is 3.07. The highest BCUT2D eigenvalue weighted by atomic mass is 16.1. The lowest BCUT2D eigenvalue weighted by Gasteiger charge is -2.17. The summed E-state index contributed by atoms with van der Waals surface area (Å²) in [5.74, 6) is 0.0769. The van der Waals surface area contributed by atoms with E-state index in [1.165, 1.54) is 5.56 Å². The Bertz CT molecular complexity index is 1270. The van der Waals surface area contributed by atoms with Crippen LogP contribution < -0.4 is 0 Å². The molecule has 0 amide bonds. The SMILES string of the molecule is Cc1ccc(/C=C2/CCc3nc4c(cc3C2=O)c(C)nn4-c2ccccc2)cc1. The number of carbonyl (C=O) groups is 1. The van der Waals surface area contributed by atoms with Gasteiger partial charge < -0.3 is 0 Å². The van der Waals surface area contributed by atoms with Crippen LogP contribution in [0.3, 0.4) is 0 Å². The fraction of sp³-hybridized carbons (Fsp3) is 0.160. The Labute approximate surface area is 169 Å². The maximum atomic E-state index is 13.2. The first-order chi connectivity index (χ1) is 14.1. The molecule has 2 aromatic carbocycles. The molecular weight excluding hydrogens is 358 g/mol. The van der Waals surface area contributed by atoms with Crippen molar-refractivity contribution < 1.29 is 4.79 Å². The van der Waals surface area contributed by atoms with E-state index in [-0.39, 0.29) is 5.78 Å². The molecule has 4 heteroatoms. The van der Waals surface area contributed by atoms with Gasteiger partial charge in [-0.3, -0.25) is 4.79 Å². The van der Waals surface area contributed by atoms with Crippen LogP contribution in [0.15, 0.2) is 66.2 Å². The number of benzene rings is 2. The van der Waals surface area contributed by atoms with Crippen LogP contribution in [0, 0.1) is 13.8 Å². The Morgan fingerprint density at radius 2 is 1.72 bits per heavy atom. The number of hydrogen-bond donors (Lipinski definition) is 0. The highest BCUT2D eigenvalue weighted by Gasteiger charge is 2.25. The van der Waals surface area contributed by atoms with Crippen molar-refractivity contribution in [1.82, 2.24) is 14.8 Å². The van der Waals surface area contributed by atoms with Crippen LogP contribution >= 0.6 is 0 Å². The number of carbonyl (C=O) groups excluding carboxylic acids is 1. The smallest absolute Gasteiger partial charge is 0.190 e. The van der Waals surface area contributed by atoms with Gasteiger partial charge in [0, 0.05) is 16.5 Å². The number of para-hydroxylation sites is 1. The van der Waals surface area contributed by atoms with E-state index in [1.54, 1.807) is 0 Å². The van der Waals surface area contributed by atoms with Crippen LogP contribution in [0.4, 0.5) is 0 Å². The summed E-state index contributed by atoms with van der Waals surface area (Å²) < 4.78 is 1.87. The molecule has 0 N–H and O–H groups in total. The van der Waals surface area contributed by atoms with E-state index in [9.17, 15) is 4.79 Å². The molecule has 5 rings (SSSR count). The number of nitrogens with zero attached hydrogens (tertiary/aromatic N) is 3. The molecule has 0 aliphatic heterocycles. The molecule has 2 aromatic heterocycles. The average Bonchev–Trinajstić information content (AvgIpc) is 3.07. The molecule has 0 unspecified atom stereocenters. The molecule has 2 heterocycles. The summed E-state index contributed by atoms with van der Waals surface area (Å²) in [6, 6.07) is 20.2. The van der Waals surface area contributed by atoms with Gasteiger partial charge in [-0.1, -0.05) is 48.0 Å². The molecule has 0 radical (unpaired) electrons. The zero-order valence-corrected chi connectivity index (χ0v) is 16.5. The first kappa shape index (κ1) is 17.6. The van der Waals surface area contributed by atoms with Crippen LogP contribution in [0.1, 0.15) is 39.3 Å². The van der Waals surface area contributed by atoms with Crippen molar-refractivity contribution in [2.75, 3.05) is 0 Å². The molecule has 0 saturated heterocycles. The summed E-state index contributed by atoms with van der Waals surface area (Å²) >= 11 is 0. The van der Waals surface area contributed by atoms with Crippen molar-refractivity contribution in [2.45, 2.75) is 26.7 Å². The number of hydrogen-bond acceptors (Lipinski definition) is 3. The second-order valence-corrected chi connectivity index (χ2v) is 7.60. The monoisotopic (exact) mass is 379 g/mol. The summed E-state index contributed by atoms with van der Waals surface area (Å²) in [5.41, 5.74) is 7.34. The second kappa shape index (κ2) is 6.82. The molecule has 0 saturated carbocycles. The minimum Gasteiger partial charge on any atom is -0.289 e. The lowest BCUT2D eigenvalue weighted by molar-refractivity contribution is 0.102. The number of fused-ring (bicyclic) bond motifs is 2. The number of aryl methyl sites for hydroxylation is 3. The number of Topliss-reactive ketones (excluding diaryl/α,β-unsaturated/α-hetero) is 1. The maximum absolute atomic E-state index is 13.2. The average molecular weight is 379 g/mol. The van der Waals surface area contributed by atoms with Crippen molar-refractivity contribution in [3.63, 3.8) is 0 Å². The molecule has 4 nitrogen and oxygen atoms in total. The third-order valence-electron chi connectivity index (χ3n) is 5.51. The van der Waals surface area contributed by atoms with Crippen LogP contribution in [-0.4, -0.2) is 20.5 Å². The Morgan fingerprint density at radius 3 is 2.48 bits per heavy atom. The Balaban J connectivity index is 1.59. The molecular formula is C25H21N3O. The van der Waals surface area contributed by atoms with Gasteiger partial charge in [0.15, 0.2) is 11.4 Å². The van der Waals surface area contributed by atoms with Gasteiger partial charge >= 0.3 is 0 Å². The predicted octanol–water partition coefficient (Wildman–Crippen LogP) is 5.25. The molecule has 1 aliphatic carbocycles. The zero-order valence-electron chi connectivity index (χ0n) is 16.5. The zero-order chi connectivity index (χ0) is 20.0. The molecule has 142 valence electrons. The molecule has 0 bridgehead atoms. The lowest BCUT2D eigenvalue weighted by atomic mass is 9.88. The van der Waals surface area contributed by atoms with Crippen LogP contribution in [0.2, 0.25) is 0 Å². The van der Waals surface area contributed by atoms with Crippen molar-refractivity contribution in [3.8, 4) is 5.69 Å². The summed E-state index contributed by atoms with van der Waals surface area (Å²) in [4.78, 5) is 18.1. The number of aromatic nitrogens is 3. The maximum Gasteiger partial charge on any atom is 0.190 e. The third-order valence-corrected chi connectivity index (χ3v) is 5.51. The first-order valence-electron chi connectivity index (χ1n) is 9.87. The van der Waals surface area contributed by atoms with E-state index in [4.69, 9.17) is 4.98 Å². The molecule has 29 heavy (non-hydrogen) atoms. The standard InChI is InChI=1S/C25H21N3O/c1-16-8-10-18(11-9-16)14-19-12-13-23-22(24(19)29)15-21-17(2)27-28(25(21)26-23)20-6-4-3-5-7-20/h3-11,14-15H,12-13H2,1-2H3/b19-14-. The van der Waals surface area contributed by atoms with Gasteiger partial charge in [0.25, 0.3) is 0 Å². The minimum absolute atomic E-state index is 0.0769. The van der Waals surface area contributed by atoms with Gasteiger partial charge in [0.2, 0.25) is 0 Å². The van der Waals surface area contributed by atoms with E-state index >= 15 is 0 Å². The largest absolute Gasteiger partial charge is 0.289 e. The van der Waals surface area contributed by atoms with E-state index in [0.717, 1.165) is 45.7 Å². The highest BCUT2D eigenvalue weighted by molar-refractivity contribution is 6.14. The molecule has 0 fully saturated rings. The minimum atomic E-state index is 0.0769. The first-order valence-corrected chi connectivity index (χ1v) is 9.87. The topological polar surface area (TPSA) is 47.8 Å². The van der Waals surface area contributed by atoms with Crippen molar-refractivity contribution >= 4 is 22.9 Å². The van der Waals surface area contributed by atoms with E-state index in [2.05, 4.69) is 36.3 Å². The van der Waals surface area contributed by atoms with Crippen LogP contribution in [-0.2, 0) is 6.42 Å². The fourth-order valence-corrected chi connectivity index (χ4v) is 3.90. The Morgan fingerprint density at radius 1 is 0.966 bits per heavy atom. The van der Waals surface area contributed by atoms with Gasteiger partial charge in [-0.05, 0) is 56.5 Å². The van der Waals surface area contributed by atoms with Crippen molar-refractivity contribution in [3.05, 3.63) is 94.3 Å². The molecule has 0 atom stereocenters. The van der Waals surface area contributed by atoms with Gasteiger partial charge in [0.05, 0.1) is 17.1 Å². The number of ketones is 1. The summed E-state index contributed by atoms with van der Waals surface area (Å²) in [6.45, 7) is 4.03. The molecule has 0 spiro atoms. The molecule has 1 aliphatic rings. The van der Waals surface area contributed by atoms with E-state index in [1.807, 2.05) is 54.1 Å². The van der Waals surface area contributed by atoms with Crippen molar-refractivity contribution in [2.24, 2.45) is 0 Å². The van der Waals surface area contributed by atoms with Gasteiger partial charge in [-0.15, -0.1) is 0 Å². The number of allylic oxidation sites excluding steroid dienone is 1. The van der Waals surface area contributed by atoms with Gasteiger partial charge in [-0.25, -0.2) is 9.67 Å². The number of pyridine rings is 1. The predicted molar refractivity (Wildman–Crippen MR) is 115 cm³/mol. The quantitative estimate of drug-likeness (QED) is 0.447. The normalized spacial score (nSPS) is 15.1. The van der Waals surface area contributed by atoms with Crippen molar-refractivity contribution in [1.29, 1.82) is 0 Å². The lowest BCUT2D eigenvalue weighted by Crippen LogP contribution is -2.16. The second-order valence-electron chi connectivity index (χ2n) is 7.60. The summed E-state index contributed by atoms with van der Waals surface area (Å²) in [7, 11) is 0. The van der Waals surface area contributed by atoms with Crippen LogP contribution in [0.25, 0.3) is 22.8 Å². The van der Waals surface area contributed by atoms with E-state index in [0.29, 0.717) is 12.0 Å². The Kier molecular flexibility index (Phi) is 4.13. The van der Waals surface area contributed by atoms with Crippen LogP contribution in [0.5, 0.6) is 0 Å². The number of rotatable bonds is 2. The highest BCUT2D eigenvalue weighted by Crippen LogP contribution is 2.30. The summed E-state index contributed by atoms with van der Waals surface area (Å²) in [6.07, 6.45) is 3.47. The summed E-state index contributed by atoms with van der Waals surface area (Å²) in [5, 5.41) is 5.61. The molecule has 4 aromatic rings. The Hall–Kier alpha value is -3.53. The van der Waals surface area contributed by atoms with E-state index < -0.39 is 0 Å². The fourth-order valence-electron chi connectivity index (χ4n) is 3.90.